The van der Waals surface area contributed by atoms with Crippen molar-refractivity contribution in [2.24, 2.45) is 0 Å². The van der Waals surface area contributed by atoms with Crippen LogP contribution in [0.25, 0.3) is 0 Å². The van der Waals surface area contributed by atoms with Gasteiger partial charge in [0.2, 0.25) is 5.95 Å². The number of halogens is 2. The van der Waals surface area contributed by atoms with Crippen molar-refractivity contribution in [3.63, 3.8) is 0 Å². The second-order valence-electron chi connectivity index (χ2n) is 3.51. The number of rotatable bonds is 3. The number of aromatic nitrogens is 2. The molecule has 1 heterocycles. The van der Waals surface area contributed by atoms with Gasteiger partial charge in [-0.3, -0.25) is 4.72 Å². The Morgan fingerprint density at radius 3 is 2.53 bits per heavy atom. The summed E-state index contributed by atoms with van der Waals surface area (Å²) in [5.74, 6) is -0.000520. The summed E-state index contributed by atoms with van der Waals surface area (Å²) in [5.41, 5.74) is 5.56. The smallest absolute Gasteiger partial charge is 0.265 e. The molecule has 3 N–H and O–H groups in total. The molecule has 2 aromatic rings. The molecule has 9 heteroatoms. The Morgan fingerprint density at radius 1 is 1.26 bits per heavy atom. The van der Waals surface area contributed by atoms with Crippen LogP contribution in [0.1, 0.15) is 0 Å². The number of nitrogen functional groups attached to an aromatic ring is 1. The molecular formula is C10H8BrClN4O2S. The molecule has 1 aromatic heterocycles. The molecule has 0 aliphatic heterocycles. The Morgan fingerprint density at radius 2 is 1.89 bits per heavy atom. The van der Waals surface area contributed by atoms with Crippen molar-refractivity contribution in [3.05, 3.63) is 40.1 Å². The van der Waals surface area contributed by atoms with Crippen molar-refractivity contribution in [2.45, 2.75) is 4.90 Å². The number of hydrogen-bond acceptors (Lipinski definition) is 5. The fourth-order valence-electron chi connectivity index (χ4n) is 1.24. The van der Waals surface area contributed by atoms with Gasteiger partial charge in [-0.15, -0.1) is 0 Å². The summed E-state index contributed by atoms with van der Waals surface area (Å²) in [4.78, 5) is 7.17. The highest BCUT2D eigenvalue weighted by molar-refractivity contribution is 9.10. The number of sulfonamides is 1. The molecule has 1 aromatic carbocycles. The van der Waals surface area contributed by atoms with E-state index < -0.39 is 10.0 Å². The molecule has 0 spiro atoms. The van der Waals surface area contributed by atoms with Crippen LogP contribution in [-0.4, -0.2) is 18.4 Å². The molecule has 0 amide bonds. The zero-order chi connectivity index (χ0) is 14.0. The van der Waals surface area contributed by atoms with Crippen molar-refractivity contribution in [1.82, 2.24) is 9.97 Å². The summed E-state index contributed by atoms with van der Waals surface area (Å²) in [5, 5.41) is 0.281. The van der Waals surface area contributed by atoms with E-state index >= 15 is 0 Å². The van der Waals surface area contributed by atoms with Gasteiger partial charge in [-0.1, -0.05) is 27.5 Å². The van der Waals surface area contributed by atoms with Crippen LogP contribution in [0.15, 0.2) is 40.0 Å². The van der Waals surface area contributed by atoms with Crippen molar-refractivity contribution >= 4 is 49.2 Å². The van der Waals surface area contributed by atoms with Gasteiger partial charge in [0, 0.05) is 4.47 Å². The van der Waals surface area contributed by atoms with E-state index in [0.29, 0.717) is 4.47 Å². The quantitative estimate of drug-likeness (QED) is 0.871. The number of nitrogens with one attached hydrogen (secondary N) is 1. The lowest BCUT2D eigenvalue weighted by Gasteiger charge is -2.09. The first-order valence-corrected chi connectivity index (χ1v) is 7.59. The van der Waals surface area contributed by atoms with Gasteiger partial charge in [0.15, 0.2) is 0 Å². The summed E-state index contributed by atoms with van der Waals surface area (Å²) >= 11 is 9.15. The summed E-state index contributed by atoms with van der Waals surface area (Å²) in [6, 6.07) is 4.83. The van der Waals surface area contributed by atoms with Crippen molar-refractivity contribution in [2.75, 3.05) is 10.5 Å². The highest BCUT2D eigenvalue weighted by Gasteiger charge is 2.16. The van der Waals surface area contributed by atoms with Gasteiger partial charge in [-0.05, 0) is 18.2 Å². The minimum Gasteiger partial charge on any atom is -0.368 e. The predicted octanol–water partition coefficient (Wildman–Crippen LogP) is 2.28. The Balaban J connectivity index is 2.36. The van der Waals surface area contributed by atoms with Gasteiger partial charge >= 0.3 is 0 Å². The summed E-state index contributed by atoms with van der Waals surface area (Å²) in [6.07, 6.45) is 2.24. The third kappa shape index (κ3) is 3.34. The first kappa shape index (κ1) is 14.0. The summed E-state index contributed by atoms with van der Waals surface area (Å²) in [6.45, 7) is 0. The van der Waals surface area contributed by atoms with E-state index in [9.17, 15) is 8.42 Å². The first-order valence-electron chi connectivity index (χ1n) is 4.94. The van der Waals surface area contributed by atoms with Crippen LogP contribution in [0, 0.1) is 0 Å². The number of nitrogens with two attached hydrogens (primary N) is 1. The van der Waals surface area contributed by atoms with Crippen LogP contribution in [0.4, 0.5) is 11.6 Å². The van der Waals surface area contributed by atoms with Gasteiger partial charge in [0.1, 0.15) is 4.90 Å². The average molecular weight is 364 g/mol. The van der Waals surface area contributed by atoms with Crippen LogP contribution in [0.5, 0.6) is 0 Å². The normalized spacial score (nSPS) is 11.3. The number of benzene rings is 1. The maximum atomic E-state index is 12.1. The lowest BCUT2D eigenvalue weighted by Crippen LogP contribution is -2.14. The lowest BCUT2D eigenvalue weighted by atomic mass is 10.3. The molecule has 0 aliphatic carbocycles. The van der Waals surface area contributed by atoms with Gasteiger partial charge in [-0.25, -0.2) is 18.4 Å². The van der Waals surface area contributed by atoms with Crippen LogP contribution in [-0.2, 0) is 10.0 Å². The fraction of sp³-hybridized carbons (Fsp3) is 0. The first-order chi connectivity index (χ1) is 8.88. The maximum Gasteiger partial charge on any atom is 0.265 e. The van der Waals surface area contributed by atoms with E-state index in [-0.39, 0.29) is 21.6 Å². The lowest BCUT2D eigenvalue weighted by molar-refractivity contribution is 0.600. The maximum absolute atomic E-state index is 12.1. The molecule has 6 nitrogen and oxygen atoms in total. The molecule has 0 bridgehead atoms. The van der Waals surface area contributed by atoms with E-state index in [1.807, 2.05) is 0 Å². The van der Waals surface area contributed by atoms with Crippen LogP contribution < -0.4 is 10.5 Å². The minimum atomic E-state index is -3.81. The average Bonchev–Trinajstić information content (AvgIpc) is 2.34. The molecular weight excluding hydrogens is 356 g/mol. The van der Waals surface area contributed by atoms with E-state index in [2.05, 4.69) is 30.6 Å². The van der Waals surface area contributed by atoms with E-state index in [0.717, 1.165) is 12.4 Å². The molecule has 0 aliphatic rings. The third-order valence-electron chi connectivity index (χ3n) is 2.13. The SMILES string of the molecule is Nc1ncc(S(=O)(=O)Nc2cc(Br)ccc2Cl)cn1. The van der Waals surface area contributed by atoms with Gasteiger partial charge < -0.3 is 5.73 Å². The Labute approximate surface area is 123 Å². The fourth-order valence-corrected chi connectivity index (χ4v) is 2.79. The van der Waals surface area contributed by atoms with Gasteiger partial charge in [0.05, 0.1) is 23.1 Å². The summed E-state index contributed by atoms with van der Waals surface area (Å²) < 4.78 is 27.2. The molecule has 19 heavy (non-hydrogen) atoms. The van der Waals surface area contributed by atoms with Crippen molar-refractivity contribution in [3.8, 4) is 0 Å². The number of hydrogen-bond donors (Lipinski definition) is 2. The van der Waals surface area contributed by atoms with Crippen LogP contribution in [0.3, 0.4) is 0 Å². The molecule has 0 saturated heterocycles. The second kappa shape index (κ2) is 5.32. The van der Waals surface area contributed by atoms with Crippen molar-refractivity contribution in [1.29, 1.82) is 0 Å². The third-order valence-corrected chi connectivity index (χ3v) is 4.27. The molecule has 100 valence electrons. The predicted molar refractivity (Wildman–Crippen MR) is 76.4 cm³/mol. The van der Waals surface area contributed by atoms with Crippen LogP contribution >= 0.6 is 27.5 Å². The Kier molecular flexibility index (Phi) is 3.93. The molecule has 0 radical (unpaired) electrons. The summed E-state index contributed by atoms with van der Waals surface area (Å²) in [7, 11) is -3.81. The molecule has 0 unspecified atom stereocenters. The highest BCUT2D eigenvalue weighted by Crippen LogP contribution is 2.27. The standard InChI is InChI=1S/C10H8BrClN4O2S/c11-6-1-2-8(12)9(3-6)16-19(17,18)7-4-14-10(13)15-5-7/h1-5,16H,(H2,13,14,15). The van der Waals surface area contributed by atoms with E-state index in [4.69, 9.17) is 17.3 Å². The Bertz CT molecular complexity index is 706. The Hall–Kier alpha value is -1.38. The zero-order valence-electron chi connectivity index (χ0n) is 9.34. The van der Waals surface area contributed by atoms with E-state index in [1.165, 1.54) is 0 Å². The van der Waals surface area contributed by atoms with Crippen LogP contribution in [0.2, 0.25) is 5.02 Å². The monoisotopic (exact) mass is 362 g/mol. The molecule has 0 fully saturated rings. The van der Waals surface area contributed by atoms with Gasteiger partial charge in [0.25, 0.3) is 10.0 Å². The minimum absolute atomic E-state index is 0.000520. The second-order valence-corrected chi connectivity index (χ2v) is 6.51. The molecule has 2 rings (SSSR count). The zero-order valence-corrected chi connectivity index (χ0v) is 12.5. The largest absolute Gasteiger partial charge is 0.368 e. The topological polar surface area (TPSA) is 98.0 Å². The number of anilines is 2. The van der Waals surface area contributed by atoms with E-state index in [1.54, 1.807) is 18.2 Å². The molecule has 0 atom stereocenters. The highest BCUT2D eigenvalue weighted by atomic mass is 79.9. The van der Waals surface area contributed by atoms with Gasteiger partial charge in [-0.2, -0.15) is 0 Å². The van der Waals surface area contributed by atoms with Crippen molar-refractivity contribution < 1.29 is 8.42 Å². The number of nitrogens with zero attached hydrogens (tertiary/aromatic N) is 2. The molecule has 0 saturated carbocycles.